The van der Waals surface area contributed by atoms with E-state index in [4.69, 9.17) is 0 Å². The summed E-state index contributed by atoms with van der Waals surface area (Å²) in [6, 6.07) is 0. The van der Waals surface area contributed by atoms with Gasteiger partial charge in [-0.1, -0.05) is 74.9 Å². The molecule has 0 aliphatic heterocycles. The summed E-state index contributed by atoms with van der Waals surface area (Å²) in [7, 11) is 0. The summed E-state index contributed by atoms with van der Waals surface area (Å²) in [4.78, 5) is 0. The van der Waals surface area contributed by atoms with Crippen molar-refractivity contribution in [3.05, 3.63) is 21.8 Å². The molecule has 0 amide bonds. The molecule has 1 atom stereocenters. The van der Waals surface area contributed by atoms with Crippen molar-refractivity contribution in [2.45, 2.75) is 54.9 Å². The first-order chi connectivity index (χ1) is 6.66. The Morgan fingerprint density at radius 1 is 1.33 bits per heavy atom. The SMILES string of the molecule is C=C(C)C(C)(C)C.CCC(C)C(C)=CI. The van der Waals surface area contributed by atoms with Gasteiger partial charge >= 0.3 is 0 Å². The van der Waals surface area contributed by atoms with Gasteiger partial charge in [0.15, 0.2) is 0 Å². The molecule has 0 fully saturated rings. The molecule has 0 rings (SSSR count). The number of halogens is 1. The van der Waals surface area contributed by atoms with Gasteiger partial charge in [0.05, 0.1) is 0 Å². The molecule has 0 bridgehead atoms. The van der Waals surface area contributed by atoms with Crippen LogP contribution in [-0.4, -0.2) is 0 Å². The lowest BCUT2D eigenvalue weighted by Gasteiger charge is -2.16. The van der Waals surface area contributed by atoms with Gasteiger partial charge in [0.25, 0.3) is 0 Å². The van der Waals surface area contributed by atoms with Crippen LogP contribution >= 0.6 is 22.6 Å². The summed E-state index contributed by atoms with van der Waals surface area (Å²) in [5, 5.41) is 0. The van der Waals surface area contributed by atoms with E-state index >= 15 is 0 Å². The van der Waals surface area contributed by atoms with Gasteiger partial charge in [0.1, 0.15) is 0 Å². The fourth-order valence-electron chi connectivity index (χ4n) is 0.430. The molecule has 90 valence electrons. The van der Waals surface area contributed by atoms with Gasteiger partial charge in [0, 0.05) is 0 Å². The second kappa shape index (κ2) is 8.37. The molecule has 1 unspecified atom stereocenters. The summed E-state index contributed by atoms with van der Waals surface area (Å²) in [6.45, 7) is 19.0. The molecule has 0 spiro atoms. The lowest BCUT2D eigenvalue weighted by Crippen LogP contribution is -2.04. The van der Waals surface area contributed by atoms with Gasteiger partial charge in [-0.2, -0.15) is 0 Å². The first-order valence-electron chi connectivity index (χ1n) is 5.59. The van der Waals surface area contributed by atoms with Crippen LogP contribution in [0, 0.1) is 11.3 Å². The average Bonchev–Trinajstić information content (AvgIpc) is 2.14. The number of allylic oxidation sites excluding steroid dienone is 2. The Labute approximate surface area is 110 Å². The molecule has 0 nitrogen and oxygen atoms in total. The van der Waals surface area contributed by atoms with Crippen LogP contribution in [0.25, 0.3) is 0 Å². The van der Waals surface area contributed by atoms with E-state index in [2.05, 4.69) is 81.7 Å². The molecule has 0 saturated heterocycles. The normalized spacial score (nSPS) is 14.0. The van der Waals surface area contributed by atoms with Crippen LogP contribution in [0.5, 0.6) is 0 Å². The Morgan fingerprint density at radius 3 is 1.73 bits per heavy atom. The molecule has 0 aromatic heterocycles. The Kier molecular flexibility index (Phi) is 9.82. The largest absolute Gasteiger partial charge is 0.0996 e. The van der Waals surface area contributed by atoms with Crippen molar-refractivity contribution in [3.8, 4) is 0 Å². The molecule has 0 heterocycles. The van der Waals surface area contributed by atoms with Crippen LogP contribution in [0.4, 0.5) is 0 Å². The van der Waals surface area contributed by atoms with Gasteiger partial charge in [-0.15, -0.1) is 0 Å². The van der Waals surface area contributed by atoms with E-state index in [9.17, 15) is 0 Å². The Hall–Kier alpha value is 0.210. The first kappa shape index (κ1) is 17.6. The lowest BCUT2D eigenvalue weighted by molar-refractivity contribution is 0.506. The zero-order chi connectivity index (χ0) is 12.6. The molecule has 0 aromatic rings. The molecule has 15 heavy (non-hydrogen) atoms. The van der Waals surface area contributed by atoms with Crippen molar-refractivity contribution in [1.29, 1.82) is 0 Å². The third-order valence-electron chi connectivity index (χ3n) is 2.84. The quantitative estimate of drug-likeness (QED) is 0.433. The van der Waals surface area contributed by atoms with E-state index < -0.39 is 0 Å². The molecular formula is C14H27I. The molecule has 0 aliphatic rings. The molecule has 0 N–H and O–H groups in total. The number of rotatable bonds is 2. The highest BCUT2D eigenvalue weighted by atomic mass is 127. The zero-order valence-corrected chi connectivity index (χ0v) is 13.6. The predicted molar refractivity (Wildman–Crippen MR) is 81.5 cm³/mol. The third kappa shape index (κ3) is 10.5. The maximum absolute atomic E-state index is 3.83. The van der Waals surface area contributed by atoms with Crippen molar-refractivity contribution >= 4 is 22.6 Å². The highest BCUT2D eigenvalue weighted by Crippen LogP contribution is 2.21. The molecule has 1 heteroatoms. The van der Waals surface area contributed by atoms with Crippen LogP contribution in [-0.2, 0) is 0 Å². The molecule has 0 aliphatic carbocycles. The van der Waals surface area contributed by atoms with Crippen LogP contribution in [0.15, 0.2) is 21.8 Å². The highest BCUT2D eigenvalue weighted by Gasteiger charge is 2.08. The minimum atomic E-state index is 0.306. The third-order valence-corrected chi connectivity index (χ3v) is 3.82. The Bertz CT molecular complexity index is 206. The lowest BCUT2D eigenvalue weighted by atomic mass is 9.89. The van der Waals surface area contributed by atoms with Gasteiger partial charge in [-0.3, -0.25) is 0 Å². The van der Waals surface area contributed by atoms with E-state index in [0.29, 0.717) is 5.41 Å². The fourth-order valence-corrected chi connectivity index (χ4v) is 1.04. The summed E-state index contributed by atoms with van der Waals surface area (Å²) < 4.78 is 2.16. The smallest absolute Gasteiger partial charge is 0.0178 e. The van der Waals surface area contributed by atoms with Crippen molar-refractivity contribution in [1.82, 2.24) is 0 Å². The van der Waals surface area contributed by atoms with Gasteiger partial charge < -0.3 is 0 Å². The molecule has 0 aromatic carbocycles. The van der Waals surface area contributed by atoms with Crippen molar-refractivity contribution in [2.24, 2.45) is 11.3 Å². The van der Waals surface area contributed by atoms with Crippen molar-refractivity contribution in [2.75, 3.05) is 0 Å². The molecular weight excluding hydrogens is 295 g/mol. The molecule has 0 radical (unpaired) electrons. The predicted octanol–water partition coefficient (Wildman–Crippen LogP) is 5.98. The standard InChI is InChI=1S/C7H13I.C7H14/c1-4-6(2)7(3)5-8;1-6(2)7(3,4)5/h5-6H,4H2,1-3H3;1H2,2-5H3. The number of hydrogen-bond acceptors (Lipinski definition) is 0. The first-order valence-corrected chi connectivity index (χ1v) is 6.84. The van der Waals surface area contributed by atoms with E-state index in [1.807, 2.05) is 0 Å². The topological polar surface area (TPSA) is 0 Å². The van der Waals surface area contributed by atoms with Crippen LogP contribution < -0.4 is 0 Å². The minimum Gasteiger partial charge on any atom is -0.0996 e. The summed E-state index contributed by atoms with van der Waals surface area (Å²) >= 11 is 2.29. The van der Waals surface area contributed by atoms with Crippen molar-refractivity contribution < 1.29 is 0 Å². The monoisotopic (exact) mass is 322 g/mol. The zero-order valence-electron chi connectivity index (χ0n) is 11.4. The van der Waals surface area contributed by atoms with Gasteiger partial charge in [-0.05, 0) is 35.7 Å². The second-order valence-electron chi connectivity index (χ2n) is 5.19. The minimum absolute atomic E-state index is 0.306. The highest BCUT2D eigenvalue weighted by molar-refractivity contribution is 14.1. The van der Waals surface area contributed by atoms with Crippen molar-refractivity contribution in [3.63, 3.8) is 0 Å². The summed E-state index contributed by atoms with van der Waals surface area (Å²) in [5.74, 6) is 0.770. The fraction of sp³-hybridized carbons (Fsp3) is 0.714. The number of hydrogen-bond donors (Lipinski definition) is 0. The maximum atomic E-state index is 3.83. The van der Waals surface area contributed by atoms with E-state index in [-0.39, 0.29) is 0 Å². The van der Waals surface area contributed by atoms with Gasteiger partial charge in [0.2, 0.25) is 0 Å². The maximum Gasteiger partial charge on any atom is -0.0178 e. The summed E-state index contributed by atoms with van der Waals surface area (Å²) in [6.07, 6.45) is 1.26. The van der Waals surface area contributed by atoms with Crippen LogP contribution in [0.2, 0.25) is 0 Å². The Balaban J connectivity index is 0. The molecule has 0 saturated carbocycles. The van der Waals surface area contributed by atoms with E-state index in [0.717, 1.165) is 5.92 Å². The van der Waals surface area contributed by atoms with Crippen LogP contribution in [0.3, 0.4) is 0 Å². The van der Waals surface area contributed by atoms with Crippen LogP contribution in [0.1, 0.15) is 54.9 Å². The summed E-state index contributed by atoms with van der Waals surface area (Å²) in [5.41, 5.74) is 3.04. The van der Waals surface area contributed by atoms with E-state index in [1.165, 1.54) is 17.6 Å². The average molecular weight is 322 g/mol. The van der Waals surface area contributed by atoms with Gasteiger partial charge in [-0.25, -0.2) is 0 Å². The van der Waals surface area contributed by atoms with E-state index in [1.54, 1.807) is 0 Å². The Morgan fingerprint density at radius 2 is 1.67 bits per heavy atom. The second-order valence-corrected chi connectivity index (χ2v) is 5.82.